The molecule has 1 N–H and O–H groups in total. The Bertz CT molecular complexity index is 1080. The van der Waals surface area contributed by atoms with E-state index in [-0.39, 0.29) is 30.5 Å². The molecule has 1 aliphatic rings. The van der Waals surface area contributed by atoms with E-state index in [0.29, 0.717) is 12.2 Å². The van der Waals surface area contributed by atoms with Gasteiger partial charge < -0.3 is 5.32 Å². The van der Waals surface area contributed by atoms with Gasteiger partial charge in [-0.05, 0) is 48.7 Å². The molecule has 0 saturated carbocycles. The molecule has 2 heterocycles. The third-order valence-corrected chi connectivity index (χ3v) is 5.10. The number of carbonyl (C=O) groups is 2. The van der Waals surface area contributed by atoms with Crippen LogP contribution < -0.4 is 10.2 Å². The highest BCUT2D eigenvalue weighted by Crippen LogP contribution is 2.24. The number of carbonyl (C=O) groups excluding carboxylic acids is 2. The Morgan fingerprint density at radius 1 is 1.03 bits per heavy atom. The van der Waals surface area contributed by atoms with Gasteiger partial charge in [-0.25, -0.2) is 9.07 Å². The topological polar surface area (TPSA) is 67.2 Å². The lowest BCUT2D eigenvalue weighted by Crippen LogP contribution is -2.37. The molecule has 1 aliphatic heterocycles. The minimum absolute atomic E-state index is 0.0764. The first-order valence-corrected chi connectivity index (χ1v) is 10.0. The van der Waals surface area contributed by atoms with Crippen molar-refractivity contribution in [1.29, 1.82) is 0 Å². The normalized spacial score (nSPS) is 13.1. The molecule has 154 valence electrons. The van der Waals surface area contributed by atoms with Crippen molar-refractivity contribution in [3.63, 3.8) is 0 Å². The molecule has 0 saturated heterocycles. The van der Waals surface area contributed by atoms with Crippen molar-refractivity contribution in [1.82, 2.24) is 9.78 Å². The lowest BCUT2D eigenvalue weighted by molar-refractivity contribution is -0.122. The van der Waals surface area contributed by atoms with E-state index in [0.717, 1.165) is 35.6 Å². The number of halogens is 1. The summed E-state index contributed by atoms with van der Waals surface area (Å²) < 4.78 is 15.2. The fraction of sp³-hybridized carbons (Fsp3) is 0.261. The van der Waals surface area contributed by atoms with E-state index in [4.69, 9.17) is 0 Å². The van der Waals surface area contributed by atoms with Gasteiger partial charge >= 0.3 is 0 Å². The first-order valence-electron chi connectivity index (χ1n) is 10.0. The number of benzene rings is 2. The monoisotopic (exact) mass is 406 g/mol. The number of rotatable bonds is 5. The zero-order valence-corrected chi connectivity index (χ0v) is 16.8. The fourth-order valence-corrected chi connectivity index (χ4v) is 3.65. The minimum Gasteiger partial charge on any atom is -0.326 e. The first-order chi connectivity index (χ1) is 14.5. The van der Waals surface area contributed by atoms with E-state index in [1.54, 1.807) is 23.1 Å². The van der Waals surface area contributed by atoms with Crippen molar-refractivity contribution in [2.24, 2.45) is 0 Å². The lowest BCUT2D eigenvalue weighted by Gasteiger charge is -2.27. The molecular formula is C23H23FN4O2. The summed E-state index contributed by atoms with van der Waals surface area (Å²) in [5.74, 6) is 0.217. The van der Waals surface area contributed by atoms with E-state index in [9.17, 15) is 14.0 Å². The molecule has 0 radical (unpaired) electrons. The van der Waals surface area contributed by atoms with Gasteiger partial charge in [-0.3, -0.25) is 14.5 Å². The molecule has 0 unspecified atom stereocenters. The average Bonchev–Trinajstić information content (AvgIpc) is 3.12. The molecule has 0 spiro atoms. The van der Waals surface area contributed by atoms with Gasteiger partial charge in [-0.15, -0.1) is 0 Å². The largest absolute Gasteiger partial charge is 0.326 e. The van der Waals surface area contributed by atoms with Crippen LogP contribution in [0.25, 0.3) is 11.1 Å². The summed E-state index contributed by atoms with van der Waals surface area (Å²) in [6.07, 6.45) is 1.09. The number of fused-ring (bicyclic) bond motifs is 1. The Hall–Kier alpha value is -3.48. The Balaban J connectivity index is 1.32. The van der Waals surface area contributed by atoms with Gasteiger partial charge in [0.05, 0.1) is 5.69 Å². The third-order valence-electron chi connectivity index (χ3n) is 5.10. The summed E-state index contributed by atoms with van der Waals surface area (Å²) in [4.78, 5) is 26.6. The van der Waals surface area contributed by atoms with Gasteiger partial charge in [0.2, 0.25) is 11.8 Å². The van der Waals surface area contributed by atoms with E-state index >= 15 is 0 Å². The molecule has 30 heavy (non-hydrogen) atoms. The predicted molar refractivity (Wildman–Crippen MR) is 114 cm³/mol. The van der Waals surface area contributed by atoms with Crippen LogP contribution in [0.4, 0.5) is 15.9 Å². The molecule has 7 heteroatoms. The van der Waals surface area contributed by atoms with Crippen molar-refractivity contribution in [2.75, 3.05) is 16.8 Å². The standard InChI is InChI=1S/C23H23FN4O2/c1-16-14-22-27(12-3-13-28(22)26-16)23(30)11-10-21(29)25-20-8-6-17(7-9-20)18-4-2-5-19(24)15-18/h2,4-9,14-15H,3,10-13H2,1H3,(H,25,29). The number of nitrogens with one attached hydrogen (secondary N) is 1. The lowest BCUT2D eigenvalue weighted by atomic mass is 10.1. The van der Waals surface area contributed by atoms with Crippen molar-refractivity contribution >= 4 is 23.3 Å². The molecule has 0 aliphatic carbocycles. The Kier molecular flexibility index (Phi) is 5.61. The van der Waals surface area contributed by atoms with Crippen LogP contribution in [-0.2, 0) is 16.1 Å². The Morgan fingerprint density at radius 3 is 2.60 bits per heavy atom. The molecule has 0 bridgehead atoms. The van der Waals surface area contributed by atoms with Gasteiger partial charge in [0.1, 0.15) is 11.6 Å². The van der Waals surface area contributed by atoms with Gasteiger partial charge in [0.15, 0.2) is 0 Å². The number of nitrogens with zero attached hydrogens (tertiary/aromatic N) is 3. The average molecular weight is 406 g/mol. The second-order valence-electron chi connectivity index (χ2n) is 7.40. The zero-order chi connectivity index (χ0) is 21.1. The highest BCUT2D eigenvalue weighted by molar-refractivity contribution is 5.98. The number of amides is 2. The molecular weight excluding hydrogens is 383 g/mol. The summed E-state index contributed by atoms with van der Waals surface area (Å²) in [7, 11) is 0. The second kappa shape index (κ2) is 8.49. The number of hydrogen-bond acceptors (Lipinski definition) is 3. The molecule has 2 aromatic carbocycles. The summed E-state index contributed by atoms with van der Waals surface area (Å²) in [5.41, 5.74) is 3.15. The van der Waals surface area contributed by atoms with Crippen LogP contribution in [-0.4, -0.2) is 28.1 Å². The predicted octanol–water partition coefficient (Wildman–Crippen LogP) is 4.15. The highest BCUT2D eigenvalue weighted by atomic mass is 19.1. The highest BCUT2D eigenvalue weighted by Gasteiger charge is 2.24. The van der Waals surface area contributed by atoms with Crippen molar-refractivity contribution in [3.05, 3.63) is 66.1 Å². The second-order valence-corrected chi connectivity index (χ2v) is 7.40. The number of aryl methyl sites for hydroxylation is 2. The van der Waals surface area contributed by atoms with Gasteiger partial charge in [-0.2, -0.15) is 5.10 Å². The zero-order valence-electron chi connectivity index (χ0n) is 16.8. The van der Waals surface area contributed by atoms with Crippen LogP contribution in [0.15, 0.2) is 54.6 Å². The van der Waals surface area contributed by atoms with Crippen LogP contribution in [0.1, 0.15) is 25.0 Å². The van der Waals surface area contributed by atoms with Crippen molar-refractivity contribution in [3.8, 4) is 11.1 Å². The van der Waals surface area contributed by atoms with Gasteiger partial charge in [0.25, 0.3) is 0 Å². The van der Waals surface area contributed by atoms with E-state index < -0.39 is 0 Å². The van der Waals surface area contributed by atoms with Crippen LogP contribution in [0.5, 0.6) is 0 Å². The van der Waals surface area contributed by atoms with Crippen molar-refractivity contribution in [2.45, 2.75) is 32.7 Å². The Labute approximate surface area is 174 Å². The smallest absolute Gasteiger partial charge is 0.228 e. The maximum atomic E-state index is 13.4. The van der Waals surface area contributed by atoms with Gasteiger partial charge in [-0.1, -0.05) is 24.3 Å². The molecule has 1 aromatic heterocycles. The first kappa shape index (κ1) is 19.8. The number of hydrogen-bond donors (Lipinski definition) is 1. The summed E-state index contributed by atoms with van der Waals surface area (Å²) in [5, 5.41) is 7.20. The molecule has 6 nitrogen and oxygen atoms in total. The summed E-state index contributed by atoms with van der Waals surface area (Å²) >= 11 is 0. The van der Waals surface area contributed by atoms with E-state index in [1.807, 2.05) is 35.9 Å². The minimum atomic E-state index is -0.290. The molecule has 2 amide bonds. The van der Waals surface area contributed by atoms with Crippen LogP contribution in [0.2, 0.25) is 0 Å². The van der Waals surface area contributed by atoms with E-state index in [1.165, 1.54) is 12.1 Å². The van der Waals surface area contributed by atoms with Crippen molar-refractivity contribution < 1.29 is 14.0 Å². The quantitative estimate of drug-likeness (QED) is 0.692. The molecule has 3 aromatic rings. The fourth-order valence-electron chi connectivity index (χ4n) is 3.65. The SMILES string of the molecule is Cc1cc2n(n1)CCCN2C(=O)CCC(=O)Nc1ccc(-c2cccc(F)c2)cc1. The van der Waals surface area contributed by atoms with Gasteiger partial charge in [0, 0.05) is 37.7 Å². The number of anilines is 2. The third kappa shape index (κ3) is 4.40. The van der Waals surface area contributed by atoms with Crippen LogP contribution in [0.3, 0.4) is 0 Å². The molecule has 0 atom stereocenters. The Morgan fingerprint density at radius 2 is 1.83 bits per heavy atom. The van der Waals surface area contributed by atoms with Crippen LogP contribution >= 0.6 is 0 Å². The number of aromatic nitrogens is 2. The molecule has 4 rings (SSSR count). The maximum Gasteiger partial charge on any atom is 0.228 e. The summed E-state index contributed by atoms with van der Waals surface area (Å²) in [6.45, 7) is 3.35. The maximum absolute atomic E-state index is 13.4. The summed E-state index contributed by atoms with van der Waals surface area (Å²) in [6, 6.07) is 15.4. The molecule has 0 fully saturated rings. The van der Waals surface area contributed by atoms with Crippen LogP contribution in [0, 0.1) is 12.7 Å². The van der Waals surface area contributed by atoms with E-state index in [2.05, 4.69) is 10.4 Å².